The average molecular weight is 417 g/mol. The zero-order valence-electron chi connectivity index (χ0n) is 10.2. The van der Waals surface area contributed by atoms with Crippen LogP contribution in [0.3, 0.4) is 0 Å². The van der Waals surface area contributed by atoms with E-state index in [0.717, 1.165) is 0 Å². The van der Waals surface area contributed by atoms with Gasteiger partial charge in [0.2, 0.25) is 0 Å². The Morgan fingerprint density at radius 3 is 1.14 bits per heavy atom. The van der Waals surface area contributed by atoms with Crippen molar-refractivity contribution in [3.05, 3.63) is 0 Å². The first-order valence-electron chi connectivity index (χ1n) is 6.18. The number of halogens is 1. The summed E-state index contributed by atoms with van der Waals surface area (Å²) in [6, 6.07) is 0. The normalized spacial score (nSPS) is 10.3. The van der Waals surface area contributed by atoms with Gasteiger partial charge in [0.15, 0.2) is 0 Å². The van der Waals surface area contributed by atoms with Gasteiger partial charge in [0, 0.05) is 24.0 Å². The first-order chi connectivity index (χ1) is 6.35. The molecule has 0 aromatic rings. The Labute approximate surface area is 115 Å². The summed E-state index contributed by atoms with van der Waals surface area (Å²) < 4.78 is 5.04. The molecular weight excluding hydrogens is 390 g/mol. The Kier molecular flexibility index (Phi) is 18.6. The summed E-state index contributed by atoms with van der Waals surface area (Å²) in [4.78, 5) is 0. The molecule has 86 valence electrons. The largest absolute Gasteiger partial charge is 0 e. The predicted octanol–water partition coefficient (Wildman–Crippen LogP) is 5.77. The van der Waals surface area contributed by atoms with Crippen LogP contribution in [0.15, 0.2) is 0 Å². The van der Waals surface area contributed by atoms with Gasteiger partial charge in [-0.2, -0.15) is 0 Å². The third kappa shape index (κ3) is 11.6. The number of rotatable bonds is 9. The van der Waals surface area contributed by atoms with Gasteiger partial charge in [-0.25, -0.2) is 0 Å². The fourth-order valence-corrected chi connectivity index (χ4v) is 11.1. The Hall–Kier alpha value is 1.53. The van der Waals surface area contributed by atoms with E-state index in [1.54, 1.807) is 13.3 Å². The van der Waals surface area contributed by atoms with E-state index >= 15 is 0 Å². The van der Waals surface area contributed by atoms with Gasteiger partial charge in [-0.15, -0.1) is 0 Å². The van der Waals surface area contributed by atoms with Crippen molar-refractivity contribution in [2.24, 2.45) is 0 Å². The van der Waals surface area contributed by atoms with Crippen molar-refractivity contribution in [3.63, 3.8) is 0 Å². The van der Waals surface area contributed by atoms with Crippen LogP contribution >= 0.6 is 24.0 Å². The molecule has 0 saturated carbocycles. The Bertz CT molecular complexity index is 77.3. The van der Waals surface area contributed by atoms with Crippen LogP contribution in [0.4, 0.5) is 0 Å². The fourth-order valence-electron chi connectivity index (χ4n) is 1.66. The second kappa shape index (κ2) is 14.5. The summed E-state index contributed by atoms with van der Waals surface area (Å²) in [6.07, 6.45) is 8.85. The summed E-state index contributed by atoms with van der Waals surface area (Å²) in [5, 5.41) is 0. The summed E-state index contributed by atoms with van der Waals surface area (Å²) >= 11 is -0.839. The minimum absolute atomic E-state index is 0. The molecule has 0 unspecified atom stereocenters. The van der Waals surface area contributed by atoms with Crippen molar-refractivity contribution >= 4 is 43.7 Å². The quantitative estimate of drug-likeness (QED) is 0.331. The third-order valence-electron chi connectivity index (χ3n) is 2.65. The first-order valence-corrected chi connectivity index (χ1v) is 12.2. The molecule has 2 radical (unpaired) electrons. The molecule has 0 spiro atoms. The number of unbranched alkanes of at least 4 members (excludes halogenated alkanes) is 3. The molecular formula is C12H27ISn. The molecule has 0 rings (SSSR count). The summed E-state index contributed by atoms with van der Waals surface area (Å²) in [6.45, 7) is 7.00. The van der Waals surface area contributed by atoms with Crippen LogP contribution in [-0.4, -0.2) is 19.8 Å². The van der Waals surface area contributed by atoms with Crippen LogP contribution in [0, 0.1) is 0 Å². The molecule has 0 aromatic carbocycles. The molecule has 0 fully saturated rings. The predicted molar refractivity (Wildman–Crippen MR) is 78.9 cm³/mol. The molecule has 0 heterocycles. The smallest absolute Gasteiger partial charge is 0 e. The van der Waals surface area contributed by atoms with Gasteiger partial charge in [0.05, 0.1) is 0 Å². The zero-order chi connectivity index (χ0) is 9.94. The minimum Gasteiger partial charge on any atom is 0 e. The van der Waals surface area contributed by atoms with Crippen molar-refractivity contribution in [2.75, 3.05) is 0 Å². The maximum atomic E-state index is 2.33. The van der Waals surface area contributed by atoms with E-state index in [2.05, 4.69) is 20.8 Å². The SMILES string of the molecule is CCC[CH2][Sn]([CH2]CCC)[CH2]CCC.[I]. The molecule has 2 heteroatoms. The Morgan fingerprint density at radius 1 is 0.643 bits per heavy atom. The van der Waals surface area contributed by atoms with Gasteiger partial charge in [0.25, 0.3) is 0 Å². The van der Waals surface area contributed by atoms with Crippen LogP contribution in [0.5, 0.6) is 0 Å². The number of hydrogen-bond acceptors (Lipinski definition) is 0. The molecule has 0 nitrogen and oxygen atoms in total. The molecule has 0 aromatic heterocycles. The summed E-state index contributed by atoms with van der Waals surface area (Å²) in [5.74, 6) is 0. The zero-order valence-corrected chi connectivity index (χ0v) is 15.3. The van der Waals surface area contributed by atoms with E-state index in [-0.39, 0.29) is 24.0 Å². The summed E-state index contributed by atoms with van der Waals surface area (Å²) in [7, 11) is 0. The molecule has 0 N–H and O–H groups in total. The Morgan fingerprint density at radius 2 is 0.929 bits per heavy atom. The van der Waals surface area contributed by atoms with Crippen LogP contribution < -0.4 is 0 Å². The van der Waals surface area contributed by atoms with Gasteiger partial charge >= 0.3 is 92.4 Å². The van der Waals surface area contributed by atoms with Gasteiger partial charge in [-0.1, -0.05) is 0 Å². The van der Waals surface area contributed by atoms with Crippen molar-refractivity contribution < 1.29 is 0 Å². The molecule has 0 aliphatic carbocycles. The van der Waals surface area contributed by atoms with Crippen LogP contribution in [0.2, 0.25) is 13.3 Å². The number of hydrogen-bond donors (Lipinski definition) is 0. The third-order valence-corrected chi connectivity index (χ3v) is 11.7. The molecule has 0 saturated heterocycles. The monoisotopic (exact) mass is 418 g/mol. The first kappa shape index (κ1) is 17.9. The van der Waals surface area contributed by atoms with Crippen molar-refractivity contribution in [2.45, 2.75) is 72.6 Å². The van der Waals surface area contributed by atoms with Crippen LogP contribution in [0.25, 0.3) is 0 Å². The van der Waals surface area contributed by atoms with Gasteiger partial charge < -0.3 is 0 Å². The van der Waals surface area contributed by atoms with E-state index in [1.807, 2.05) is 0 Å². The van der Waals surface area contributed by atoms with Crippen molar-refractivity contribution in [1.82, 2.24) is 0 Å². The van der Waals surface area contributed by atoms with E-state index in [1.165, 1.54) is 38.5 Å². The van der Waals surface area contributed by atoms with E-state index in [0.29, 0.717) is 0 Å². The molecule has 14 heavy (non-hydrogen) atoms. The van der Waals surface area contributed by atoms with Crippen molar-refractivity contribution in [3.8, 4) is 0 Å². The standard InChI is InChI=1S/3C4H9.I.Sn/c3*1-3-4-2;;/h3*1,3-4H2,2H3;;. The van der Waals surface area contributed by atoms with E-state index < -0.39 is 19.8 Å². The molecule has 0 amide bonds. The van der Waals surface area contributed by atoms with Crippen molar-refractivity contribution in [1.29, 1.82) is 0 Å². The molecule has 0 atom stereocenters. The molecule has 0 aliphatic rings. The Balaban J connectivity index is 0. The molecule has 0 aliphatic heterocycles. The fraction of sp³-hybridized carbons (Fsp3) is 1.00. The van der Waals surface area contributed by atoms with Gasteiger partial charge in [-0.05, 0) is 0 Å². The van der Waals surface area contributed by atoms with Gasteiger partial charge in [-0.3, -0.25) is 0 Å². The summed E-state index contributed by atoms with van der Waals surface area (Å²) in [5.41, 5.74) is 0. The second-order valence-corrected chi connectivity index (χ2v) is 12.6. The maximum Gasteiger partial charge on any atom is 0 e. The van der Waals surface area contributed by atoms with E-state index in [4.69, 9.17) is 0 Å². The second-order valence-electron chi connectivity index (χ2n) is 4.06. The average Bonchev–Trinajstić information content (AvgIpc) is 2.17. The topological polar surface area (TPSA) is 0 Å². The van der Waals surface area contributed by atoms with Crippen LogP contribution in [0.1, 0.15) is 59.3 Å². The van der Waals surface area contributed by atoms with Gasteiger partial charge in [0.1, 0.15) is 0 Å². The molecule has 0 bridgehead atoms. The van der Waals surface area contributed by atoms with Crippen LogP contribution in [-0.2, 0) is 0 Å². The van der Waals surface area contributed by atoms with E-state index in [9.17, 15) is 0 Å². The minimum atomic E-state index is -0.839. The maximum absolute atomic E-state index is 2.33.